The van der Waals surface area contributed by atoms with E-state index in [1.807, 2.05) is 12.1 Å². The van der Waals surface area contributed by atoms with Crippen LogP contribution in [0.5, 0.6) is 5.75 Å². The van der Waals surface area contributed by atoms with E-state index in [4.69, 9.17) is 9.84 Å². The van der Waals surface area contributed by atoms with Crippen molar-refractivity contribution in [1.29, 1.82) is 0 Å². The average Bonchev–Trinajstić information content (AvgIpc) is 2.86. The van der Waals surface area contributed by atoms with Gasteiger partial charge in [-0.2, -0.15) is 0 Å². The monoisotopic (exact) mass is 263 g/mol. The molecule has 1 aromatic rings. The fraction of sp³-hybridized carbons (Fsp3) is 0.625. The predicted octanol–water partition coefficient (Wildman–Crippen LogP) is 2.54. The summed E-state index contributed by atoms with van der Waals surface area (Å²) >= 11 is 0. The lowest BCUT2D eigenvalue weighted by molar-refractivity contribution is 0.210. The number of likely N-dealkylation sites (tertiary alicyclic amines) is 1. The molecule has 0 aliphatic carbocycles. The predicted molar refractivity (Wildman–Crippen MR) is 77.2 cm³/mol. The van der Waals surface area contributed by atoms with Gasteiger partial charge in [0, 0.05) is 19.7 Å². The van der Waals surface area contributed by atoms with Crippen molar-refractivity contribution >= 4 is 0 Å². The van der Waals surface area contributed by atoms with Gasteiger partial charge in [0.25, 0.3) is 0 Å². The third-order valence-corrected chi connectivity index (χ3v) is 3.98. The van der Waals surface area contributed by atoms with Crippen LogP contribution in [0.3, 0.4) is 0 Å². The highest BCUT2D eigenvalue weighted by atomic mass is 16.5. The number of hydrogen-bond donors (Lipinski definition) is 1. The second-order valence-corrected chi connectivity index (χ2v) is 5.76. The minimum Gasteiger partial charge on any atom is -0.497 e. The Morgan fingerprint density at radius 2 is 2.11 bits per heavy atom. The summed E-state index contributed by atoms with van der Waals surface area (Å²) in [5.41, 5.74) is 1.34. The highest BCUT2D eigenvalue weighted by molar-refractivity contribution is 5.27. The largest absolute Gasteiger partial charge is 0.497 e. The Hall–Kier alpha value is -1.06. The van der Waals surface area contributed by atoms with Crippen LogP contribution < -0.4 is 4.74 Å². The number of nitrogens with zero attached hydrogens (tertiary/aromatic N) is 1. The quantitative estimate of drug-likeness (QED) is 0.856. The molecule has 0 bridgehead atoms. The molecule has 1 N–H and O–H groups in total. The molecule has 0 radical (unpaired) electrons. The molecule has 0 aromatic heterocycles. The summed E-state index contributed by atoms with van der Waals surface area (Å²) in [6.45, 7) is 5.81. The van der Waals surface area contributed by atoms with E-state index in [0.29, 0.717) is 12.5 Å². The molecule has 19 heavy (non-hydrogen) atoms. The van der Waals surface area contributed by atoms with Gasteiger partial charge in [-0.1, -0.05) is 19.1 Å². The van der Waals surface area contributed by atoms with Gasteiger partial charge in [0.15, 0.2) is 0 Å². The van der Waals surface area contributed by atoms with Crippen molar-refractivity contribution in [3.05, 3.63) is 29.8 Å². The third kappa shape index (κ3) is 4.22. The van der Waals surface area contributed by atoms with Crippen LogP contribution in [0.2, 0.25) is 0 Å². The van der Waals surface area contributed by atoms with E-state index >= 15 is 0 Å². The average molecular weight is 263 g/mol. The molecule has 1 fully saturated rings. The van der Waals surface area contributed by atoms with Gasteiger partial charge < -0.3 is 9.84 Å². The van der Waals surface area contributed by atoms with Crippen LogP contribution in [0.25, 0.3) is 0 Å². The lowest BCUT2D eigenvalue weighted by Crippen LogP contribution is -2.21. The number of ether oxygens (including phenoxy) is 1. The molecule has 0 saturated carbocycles. The minimum atomic E-state index is 0.314. The molecular weight excluding hydrogens is 238 g/mol. The number of methoxy groups -OCH3 is 1. The normalized spacial score (nSPS) is 21.5. The van der Waals surface area contributed by atoms with Gasteiger partial charge >= 0.3 is 0 Å². The Labute approximate surface area is 116 Å². The van der Waals surface area contributed by atoms with Gasteiger partial charge in [0.05, 0.1) is 7.11 Å². The number of aliphatic hydroxyl groups excluding tert-OH is 1. The number of aliphatic hydroxyl groups is 1. The highest BCUT2D eigenvalue weighted by Crippen LogP contribution is 2.25. The third-order valence-electron chi connectivity index (χ3n) is 3.98. The first-order chi connectivity index (χ1) is 9.21. The maximum atomic E-state index is 9.12. The second-order valence-electron chi connectivity index (χ2n) is 5.76. The summed E-state index contributed by atoms with van der Waals surface area (Å²) in [6.07, 6.45) is 2.41. The molecule has 1 aliphatic heterocycles. The van der Waals surface area contributed by atoms with Gasteiger partial charge in [-0.15, -0.1) is 0 Å². The van der Waals surface area contributed by atoms with E-state index in [1.165, 1.54) is 18.5 Å². The lowest BCUT2D eigenvalue weighted by Gasteiger charge is -2.17. The summed E-state index contributed by atoms with van der Waals surface area (Å²) < 4.78 is 5.18. The standard InChI is InChI=1S/C16H25NO2/c1-13(12-18)9-15-7-8-17(11-15)10-14-3-5-16(19-2)6-4-14/h3-6,13,15,18H,7-12H2,1-2H3. The lowest BCUT2D eigenvalue weighted by atomic mass is 9.96. The van der Waals surface area contributed by atoms with E-state index in [2.05, 4.69) is 24.0 Å². The van der Waals surface area contributed by atoms with Gasteiger partial charge in [-0.05, 0) is 48.9 Å². The molecule has 2 atom stereocenters. The second kappa shape index (κ2) is 6.92. The van der Waals surface area contributed by atoms with Crippen LogP contribution in [-0.4, -0.2) is 36.8 Å². The number of benzene rings is 1. The summed E-state index contributed by atoms with van der Waals surface area (Å²) in [5, 5.41) is 9.12. The molecule has 0 amide bonds. The van der Waals surface area contributed by atoms with Crippen molar-refractivity contribution < 1.29 is 9.84 Å². The van der Waals surface area contributed by atoms with E-state index < -0.39 is 0 Å². The molecule has 1 saturated heterocycles. The van der Waals surface area contributed by atoms with Crippen molar-refractivity contribution in [3.63, 3.8) is 0 Å². The van der Waals surface area contributed by atoms with E-state index in [0.717, 1.165) is 31.2 Å². The fourth-order valence-corrected chi connectivity index (χ4v) is 2.88. The van der Waals surface area contributed by atoms with Crippen molar-refractivity contribution in [1.82, 2.24) is 4.90 Å². The first kappa shape index (κ1) is 14.4. The zero-order valence-electron chi connectivity index (χ0n) is 12.0. The van der Waals surface area contributed by atoms with Gasteiger partial charge in [-0.3, -0.25) is 4.90 Å². The zero-order chi connectivity index (χ0) is 13.7. The first-order valence-corrected chi connectivity index (χ1v) is 7.17. The van der Waals surface area contributed by atoms with Crippen molar-refractivity contribution in [3.8, 4) is 5.75 Å². The molecule has 1 aromatic carbocycles. The molecule has 2 unspecified atom stereocenters. The maximum absolute atomic E-state index is 9.12. The molecule has 3 heteroatoms. The Morgan fingerprint density at radius 3 is 2.74 bits per heavy atom. The topological polar surface area (TPSA) is 32.7 Å². The summed E-state index contributed by atoms with van der Waals surface area (Å²) in [4.78, 5) is 2.51. The van der Waals surface area contributed by atoms with Crippen molar-refractivity contribution in [2.45, 2.75) is 26.3 Å². The van der Waals surface area contributed by atoms with Crippen LogP contribution >= 0.6 is 0 Å². The van der Waals surface area contributed by atoms with Crippen LogP contribution in [0.4, 0.5) is 0 Å². The number of rotatable bonds is 6. The van der Waals surface area contributed by atoms with Crippen molar-refractivity contribution in [2.24, 2.45) is 11.8 Å². The van der Waals surface area contributed by atoms with Crippen molar-refractivity contribution in [2.75, 3.05) is 26.8 Å². The Kier molecular flexibility index (Phi) is 5.23. The maximum Gasteiger partial charge on any atom is 0.118 e. The van der Waals surface area contributed by atoms with Crippen LogP contribution in [0, 0.1) is 11.8 Å². The molecule has 0 spiro atoms. The van der Waals surface area contributed by atoms with E-state index in [-0.39, 0.29) is 0 Å². The Morgan fingerprint density at radius 1 is 1.37 bits per heavy atom. The fourth-order valence-electron chi connectivity index (χ4n) is 2.88. The van der Waals surface area contributed by atoms with Gasteiger partial charge in [0.2, 0.25) is 0 Å². The molecule has 1 aliphatic rings. The number of hydrogen-bond acceptors (Lipinski definition) is 3. The highest BCUT2D eigenvalue weighted by Gasteiger charge is 2.23. The van der Waals surface area contributed by atoms with Crippen LogP contribution in [0.1, 0.15) is 25.3 Å². The Balaban J connectivity index is 1.80. The smallest absolute Gasteiger partial charge is 0.118 e. The first-order valence-electron chi connectivity index (χ1n) is 7.17. The molecule has 3 nitrogen and oxygen atoms in total. The molecule has 2 rings (SSSR count). The zero-order valence-corrected chi connectivity index (χ0v) is 12.0. The molecular formula is C16H25NO2. The summed E-state index contributed by atoms with van der Waals surface area (Å²) in [6, 6.07) is 8.33. The minimum absolute atomic E-state index is 0.314. The van der Waals surface area contributed by atoms with Crippen LogP contribution in [0.15, 0.2) is 24.3 Å². The summed E-state index contributed by atoms with van der Waals surface area (Å²) in [7, 11) is 1.70. The van der Waals surface area contributed by atoms with E-state index in [9.17, 15) is 0 Å². The van der Waals surface area contributed by atoms with E-state index in [1.54, 1.807) is 7.11 Å². The molecule has 106 valence electrons. The van der Waals surface area contributed by atoms with Crippen LogP contribution in [-0.2, 0) is 6.54 Å². The van der Waals surface area contributed by atoms with Gasteiger partial charge in [0.1, 0.15) is 5.75 Å². The Bertz CT molecular complexity index is 377. The molecule has 1 heterocycles. The van der Waals surface area contributed by atoms with Gasteiger partial charge in [-0.25, -0.2) is 0 Å². The SMILES string of the molecule is COc1ccc(CN2CCC(CC(C)CO)C2)cc1. The summed E-state index contributed by atoms with van der Waals surface area (Å²) in [5.74, 6) is 2.10.